The zero-order chi connectivity index (χ0) is 15.0. The molecule has 110 valence electrons. The third-order valence-corrected chi connectivity index (χ3v) is 2.35. The summed E-state index contributed by atoms with van der Waals surface area (Å²) in [5.74, 6) is -2.13. The SMILES string of the molecule is CC[C@@H](CC(=O)OC(C)C)NC(=O)[C@H](N)CC(=O)O. The van der Waals surface area contributed by atoms with Crippen LogP contribution in [-0.2, 0) is 19.1 Å². The molecule has 0 spiro atoms. The number of amides is 1. The third-order valence-electron chi connectivity index (χ3n) is 2.35. The molecule has 0 heterocycles. The van der Waals surface area contributed by atoms with E-state index < -0.39 is 36.4 Å². The van der Waals surface area contributed by atoms with Crippen molar-refractivity contribution < 1.29 is 24.2 Å². The quantitative estimate of drug-likeness (QED) is 0.537. The lowest BCUT2D eigenvalue weighted by molar-refractivity contribution is -0.148. The lowest BCUT2D eigenvalue weighted by Gasteiger charge is -2.19. The van der Waals surface area contributed by atoms with E-state index >= 15 is 0 Å². The van der Waals surface area contributed by atoms with E-state index in [0.29, 0.717) is 6.42 Å². The highest BCUT2D eigenvalue weighted by molar-refractivity contribution is 5.86. The van der Waals surface area contributed by atoms with E-state index in [1.54, 1.807) is 20.8 Å². The van der Waals surface area contributed by atoms with Crippen molar-refractivity contribution in [3.63, 3.8) is 0 Å². The summed E-state index contributed by atoms with van der Waals surface area (Å²) in [4.78, 5) is 33.5. The molecule has 0 radical (unpaired) electrons. The first-order chi connectivity index (χ1) is 8.76. The highest BCUT2D eigenvalue weighted by Crippen LogP contribution is 2.03. The Hall–Kier alpha value is -1.63. The first-order valence-electron chi connectivity index (χ1n) is 6.23. The van der Waals surface area contributed by atoms with Gasteiger partial charge in [-0.15, -0.1) is 0 Å². The van der Waals surface area contributed by atoms with Gasteiger partial charge < -0.3 is 20.9 Å². The molecule has 7 heteroatoms. The Morgan fingerprint density at radius 1 is 1.26 bits per heavy atom. The van der Waals surface area contributed by atoms with Gasteiger partial charge in [-0.05, 0) is 20.3 Å². The Morgan fingerprint density at radius 2 is 1.84 bits per heavy atom. The molecule has 0 rings (SSSR count). The van der Waals surface area contributed by atoms with Crippen molar-refractivity contribution in [2.75, 3.05) is 0 Å². The van der Waals surface area contributed by atoms with Gasteiger partial charge in [0.1, 0.15) is 0 Å². The summed E-state index contributed by atoms with van der Waals surface area (Å²) >= 11 is 0. The van der Waals surface area contributed by atoms with Crippen LogP contribution in [0.3, 0.4) is 0 Å². The second-order valence-corrected chi connectivity index (χ2v) is 4.56. The molecule has 4 N–H and O–H groups in total. The molecule has 0 aromatic rings. The number of carbonyl (C=O) groups is 3. The Labute approximate surface area is 112 Å². The van der Waals surface area contributed by atoms with Crippen molar-refractivity contribution in [1.82, 2.24) is 5.32 Å². The number of nitrogens with one attached hydrogen (secondary N) is 1. The smallest absolute Gasteiger partial charge is 0.308 e. The normalized spacial score (nSPS) is 13.7. The minimum atomic E-state index is -1.14. The maximum Gasteiger partial charge on any atom is 0.308 e. The molecule has 0 saturated heterocycles. The Morgan fingerprint density at radius 3 is 2.26 bits per heavy atom. The highest BCUT2D eigenvalue weighted by Gasteiger charge is 2.21. The van der Waals surface area contributed by atoms with E-state index in [1.807, 2.05) is 0 Å². The Kier molecular flexibility index (Phi) is 7.74. The molecule has 0 saturated carbocycles. The van der Waals surface area contributed by atoms with Gasteiger partial charge in [0, 0.05) is 6.04 Å². The summed E-state index contributed by atoms with van der Waals surface area (Å²) in [6, 6.07) is -1.52. The van der Waals surface area contributed by atoms with E-state index in [2.05, 4.69) is 5.32 Å². The summed E-state index contributed by atoms with van der Waals surface area (Å²) in [7, 11) is 0. The molecule has 19 heavy (non-hydrogen) atoms. The van der Waals surface area contributed by atoms with Gasteiger partial charge in [-0.1, -0.05) is 6.92 Å². The minimum absolute atomic E-state index is 0.0419. The number of nitrogens with two attached hydrogens (primary N) is 1. The summed E-state index contributed by atoms with van der Waals surface area (Å²) in [6.07, 6.45) is -0.0903. The minimum Gasteiger partial charge on any atom is -0.481 e. The number of esters is 1. The van der Waals surface area contributed by atoms with Crippen molar-refractivity contribution in [1.29, 1.82) is 0 Å². The number of carboxylic acids is 1. The predicted octanol–water partition coefficient (Wildman–Crippen LogP) is 0.0249. The number of aliphatic carboxylic acids is 1. The van der Waals surface area contributed by atoms with Crippen molar-refractivity contribution in [2.24, 2.45) is 5.73 Å². The van der Waals surface area contributed by atoms with Gasteiger partial charge in [-0.2, -0.15) is 0 Å². The van der Waals surface area contributed by atoms with Crippen molar-refractivity contribution >= 4 is 17.8 Å². The summed E-state index contributed by atoms with van der Waals surface area (Å²) in [5.41, 5.74) is 5.42. The molecule has 0 bridgehead atoms. The van der Waals surface area contributed by atoms with Gasteiger partial charge in [0.2, 0.25) is 5.91 Å². The standard InChI is InChI=1S/C12H22N2O5/c1-4-8(5-11(17)19-7(2)3)14-12(18)9(13)6-10(15)16/h7-9H,4-6,13H2,1-3H3,(H,14,18)(H,15,16)/t8-,9+/m0/s1. The van der Waals surface area contributed by atoms with Crippen LogP contribution >= 0.6 is 0 Å². The van der Waals surface area contributed by atoms with Crippen LogP contribution in [0.15, 0.2) is 0 Å². The largest absolute Gasteiger partial charge is 0.481 e. The first kappa shape index (κ1) is 17.4. The molecule has 0 unspecified atom stereocenters. The molecule has 0 aliphatic heterocycles. The van der Waals surface area contributed by atoms with Crippen molar-refractivity contribution in [3.8, 4) is 0 Å². The van der Waals surface area contributed by atoms with Crippen molar-refractivity contribution in [3.05, 3.63) is 0 Å². The zero-order valence-corrected chi connectivity index (χ0v) is 11.5. The molecular formula is C12H22N2O5. The second-order valence-electron chi connectivity index (χ2n) is 4.56. The third kappa shape index (κ3) is 8.15. The predicted molar refractivity (Wildman–Crippen MR) is 68.3 cm³/mol. The summed E-state index contributed by atoms with van der Waals surface area (Å²) in [5, 5.41) is 11.1. The van der Waals surface area contributed by atoms with Gasteiger partial charge >= 0.3 is 11.9 Å². The molecule has 0 aliphatic carbocycles. The highest BCUT2D eigenvalue weighted by atomic mass is 16.5. The van der Waals surface area contributed by atoms with Crippen LogP contribution < -0.4 is 11.1 Å². The van der Waals surface area contributed by atoms with Gasteiger partial charge in [-0.3, -0.25) is 14.4 Å². The van der Waals surface area contributed by atoms with Crippen LogP contribution in [0.1, 0.15) is 40.0 Å². The Balaban J connectivity index is 4.28. The van der Waals surface area contributed by atoms with E-state index in [1.165, 1.54) is 0 Å². The fourth-order valence-electron chi connectivity index (χ4n) is 1.40. The van der Waals surface area contributed by atoms with Crippen LogP contribution in [0.2, 0.25) is 0 Å². The van der Waals surface area contributed by atoms with Gasteiger partial charge in [0.25, 0.3) is 0 Å². The van der Waals surface area contributed by atoms with Gasteiger partial charge in [0.15, 0.2) is 0 Å². The van der Waals surface area contributed by atoms with Crippen LogP contribution in [0.5, 0.6) is 0 Å². The van der Waals surface area contributed by atoms with E-state index in [4.69, 9.17) is 15.6 Å². The fourth-order valence-corrected chi connectivity index (χ4v) is 1.40. The maximum absolute atomic E-state index is 11.6. The molecule has 0 aliphatic rings. The summed E-state index contributed by atoms with van der Waals surface area (Å²) in [6.45, 7) is 5.27. The van der Waals surface area contributed by atoms with Crippen LogP contribution in [-0.4, -0.2) is 41.1 Å². The second kappa shape index (κ2) is 8.47. The average molecular weight is 274 g/mol. The van der Waals surface area contributed by atoms with E-state index in [0.717, 1.165) is 0 Å². The molecule has 2 atom stereocenters. The molecule has 1 amide bonds. The zero-order valence-electron chi connectivity index (χ0n) is 11.5. The molecule has 0 fully saturated rings. The average Bonchev–Trinajstić information content (AvgIpc) is 2.25. The molecular weight excluding hydrogens is 252 g/mol. The van der Waals surface area contributed by atoms with E-state index in [9.17, 15) is 14.4 Å². The lowest BCUT2D eigenvalue weighted by atomic mass is 10.1. The monoisotopic (exact) mass is 274 g/mol. The number of carboxylic acid groups (broad SMARTS) is 1. The van der Waals surface area contributed by atoms with Gasteiger partial charge in [0.05, 0.1) is 25.0 Å². The number of rotatable bonds is 8. The number of ether oxygens (including phenoxy) is 1. The summed E-state index contributed by atoms with van der Waals surface area (Å²) < 4.78 is 4.97. The van der Waals surface area contributed by atoms with Crippen LogP contribution in [0.4, 0.5) is 0 Å². The molecule has 7 nitrogen and oxygen atoms in total. The topological polar surface area (TPSA) is 119 Å². The number of carbonyl (C=O) groups excluding carboxylic acids is 2. The van der Waals surface area contributed by atoms with Crippen LogP contribution in [0.25, 0.3) is 0 Å². The maximum atomic E-state index is 11.6. The van der Waals surface area contributed by atoms with E-state index in [-0.39, 0.29) is 12.5 Å². The Bertz CT molecular complexity index is 330. The van der Waals surface area contributed by atoms with Gasteiger partial charge in [-0.25, -0.2) is 0 Å². The number of hydrogen-bond acceptors (Lipinski definition) is 5. The molecule has 0 aromatic carbocycles. The first-order valence-corrected chi connectivity index (χ1v) is 6.23. The number of hydrogen-bond donors (Lipinski definition) is 3. The molecule has 0 aromatic heterocycles. The fraction of sp³-hybridized carbons (Fsp3) is 0.750. The lowest BCUT2D eigenvalue weighted by Crippen LogP contribution is -2.46. The van der Waals surface area contributed by atoms with Crippen LogP contribution in [0, 0.1) is 0 Å². The van der Waals surface area contributed by atoms with Crippen molar-refractivity contribution in [2.45, 2.75) is 58.2 Å².